The number of rotatable bonds is 2. The Kier molecular flexibility index (Phi) is 17.1. The Bertz CT molecular complexity index is 503. The van der Waals surface area contributed by atoms with Crippen LogP contribution in [-0.2, 0) is 19.3 Å². The number of hydrogen-bond acceptors (Lipinski definition) is 4. The minimum absolute atomic E-state index is 0.389. The Morgan fingerprint density at radius 1 is 0.739 bits per heavy atom. The molecule has 0 radical (unpaired) electrons. The molecule has 0 fully saturated rings. The van der Waals surface area contributed by atoms with Crippen molar-refractivity contribution < 1.29 is 17.9 Å². The highest BCUT2D eigenvalue weighted by Crippen LogP contribution is 1.92. The van der Waals surface area contributed by atoms with Crippen molar-refractivity contribution in [2.75, 3.05) is 33.5 Å². The zero-order chi connectivity index (χ0) is 18.0. The Morgan fingerprint density at radius 2 is 1.00 bits per heavy atom. The normalized spacial score (nSPS) is 9.09. The molecule has 2 rings (SSSR count). The fourth-order valence-electron chi connectivity index (χ4n) is 1.04. The molecule has 0 aromatic heterocycles. The number of benzene rings is 2. The van der Waals surface area contributed by atoms with Gasteiger partial charge in [-0.3, -0.25) is 0 Å². The van der Waals surface area contributed by atoms with Crippen molar-refractivity contribution in [3.05, 3.63) is 72.3 Å². The summed E-state index contributed by atoms with van der Waals surface area (Å²) in [4.78, 5) is 0. The average Bonchev–Trinajstić information content (AvgIpc) is 2.50. The van der Waals surface area contributed by atoms with Crippen LogP contribution in [0.4, 0.5) is 0 Å². The van der Waals surface area contributed by atoms with E-state index in [9.17, 15) is 8.42 Å². The zero-order valence-corrected chi connectivity index (χ0v) is 15.4. The summed E-state index contributed by atoms with van der Waals surface area (Å²) in [6.45, 7) is 2.47. The molecule has 130 valence electrons. The van der Waals surface area contributed by atoms with Gasteiger partial charge >= 0.3 is 0 Å². The van der Waals surface area contributed by atoms with Gasteiger partial charge in [0.1, 0.15) is 16.6 Å². The van der Waals surface area contributed by atoms with Crippen LogP contribution in [0.2, 0.25) is 0 Å². The third-order valence-electron chi connectivity index (χ3n) is 1.84. The lowest BCUT2D eigenvalue weighted by molar-refractivity contribution is -0.00272. The summed E-state index contributed by atoms with van der Waals surface area (Å²) in [5, 5.41) is 0. The van der Waals surface area contributed by atoms with Gasteiger partial charge in [0.05, 0.1) is 0 Å². The third-order valence-corrected chi connectivity index (χ3v) is 1.84. The maximum absolute atomic E-state index is 9.63. The van der Waals surface area contributed by atoms with E-state index in [1.807, 2.05) is 54.6 Å². The predicted octanol–water partition coefficient (Wildman–Crippen LogP) is 3.58. The predicted molar refractivity (Wildman–Crippen MR) is 97.3 cm³/mol. The Balaban J connectivity index is 0. The van der Waals surface area contributed by atoms with Crippen LogP contribution in [0.3, 0.4) is 0 Å². The fourth-order valence-corrected chi connectivity index (χ4v) is 1.04. The topological polar surface area (TPSA) is 52.6 Å². The van der Waals surface area contributed by atoms with Crippen molar-refractivity contribution in [2.24, 2.45) is 0 Å². The molecule has 4 nitrogen and oxygen atoms in total. The standard InChI is InChI=1S/C7H8.C6H6.C3H8O2.C2H6O2S/c1-7-5-3-2-4-6-7;1-2-4-6-5-3-1;1-4-3-5-2;1-5(2,3)4/h2-6H,1H3;1-6H;3H2,1-2H3;1-2H3. The van der Waals surface area contributed by atoms with Crippen molar-refractivity contribution in [1.82, 2.24) is 0 Å². The summed E-state index contributed by atoms with van der Waals surface area (Å²) in [7, 11) is 0.507. The Morgan fingerprint density at radius 3 is 1.13 bits per heavy atom. The number of aryl methyl sites for hydroxylation is 1. The van der Waals surface area contributed by atoms with E-state index in [0.717, 1.165) is 12.5 Å². The summed E-state index contributed by atoms with van der Waals surface area (Å²) in [5.41, 5.74) is 1.32. The van der Waals surface area contributed by atoms with Gasteiger partial charge in [-0.15, -0.1) is 0 Å². The van der Waals surface area contributed by atoms with E-state index in [1.54, 1.807) is 14.2 Å². The second-order valence-corrected chi connectivity index (χ2v) is 6.93. The molecule has 0 aliphatic carbocycles. The van der Waals surface area contributed by atoms with E-state index in [-0.39, 0.29) is 0 Å². The van der Waals surface area contributed by atoms with E-state index in [0.29, 0.717) is 6.79 Å². The van der Waals surface area contributed by atoms with E-state index in [4.69, 9.17) is 0 Å². The smallest absolute Gasteiger partial charge is 0.145 e. The molecule has 0 aliphatic rings. The van der Waals surface area contributed by atoms with Gasteiger partial charge in [0, 0.05) is 26.7 Å². The number of hydrogen-bond donors (Lipinski definition) is 0. The van der Waals surface area contributed by atoms with Crippen LogP contribution in [0.5, 0.6) is 0 Å². The maximum atomic E-state index is 9.63. The van der Waals surface area contributed by atoms with Crippen molar-refractivity contribution in [1.29, 1.82) is 0 Å². The van der Waals surface area contributed by atoms with Crippen LogP contribution >= 0.6 is 0 Å². The van der Waals surface area contributed by atoms with E-state index in [1.165, 1.54) is 5.56 Å². The molecule has 2 aromatic carbocycles. The van der Waals surface area contributed by atoms with Crippen LogP contribution in [0.25, 0.3) is 0 Å². The largest absolute Gasteiger partial charge is 0.359 e. The molecular weight excluding hydrogens is 312 g/mol. The van der Waals surface area contributed by atoms with Crippen molar-refractivity contribution >= 4 is 9.84 Å². The van der Waals surface area contributed by atoms with Crippen LogP contribution in [-0.4, -0.2) is 41.9 Å². The molecule has 0 unspecified atom stereocenters. The lowest BCUT2D eigenvalue weighted by Gasteiger charge is -1.87. The van der Waals surface area contributed by atoms with Gasteiger partial charge in [-0.2, -0.15) is 0 Å². The van der Waals surface area contributed by atoms with Gasteiger partial charge in [-0.25, -0.2) is 8.42 Å². The Labute approximate surface area is 141 Å². The van der Waals surface area contributed by atoms with Gasteiger partial charge in [0.2, 0.25) is 0 Å². The highest BCUT2D eigenvalue weighted by atomic mass is 32.2. The summed E-state index contributed by atoms with van der Waals surface area (Å²) < 4.78 is 28.2. The van der Waals surface area contributed by atoms with Gasteiger partial charge in [-0.05, 0) is 6.92 Å². The molecule has 0 saturated carbocycles. The average molecular weight is 340 g/mol. The number of sulfone groups is 1. The highest BCUT2D eigenvalue weighted by Gasteiger charge is 1.79. The molecule has 0 heterocycles. The third kappa shape index (κ3) is 33.3. The number of ether oxygens (including phenoxy) is 2. The molecule has 0 bridgehead atoms. The van der Waals surface area contributed by atoms with Gasteiger partial charge in [-0.1, -0.05) is 72.3 Å². The van der Waals surface area contributed by atoms with Gasteiger partial charge in [0.15, 0.2) is 0 Å². The minimum atomic E-state index is -2.67. The lowest BCUT2D eigenvalue weighted by atomic mass is 10.2. The monoisotopic (exact) mass is 340 g/mol. The SMILES string of the molecule is COCOC.CS(C)(=O)=O.Cc1ccccc1.c1ccccc1. The van der Waals surface area contributed by atoms with Crippen LogP contribution in [0.1, 0.15) is 5.56 Å². The first-order valence-corrected chi connectivity index (χ1v) is 9.25. The molecule has 0 atom stereocenters. The second-order valence-electron chi connectivity index (χ2n) is 4.65. The molecule has 0 spiro atoms. The Hall–Kier alpha value is -1.69. The lowest BCUT2D eigenvalue weighted by Crippen LogP contribution is -1.87. The second kappa shape index (κ2) is 16.7. The van der Waals surface area contributed by atoms with Crippen LogP contribution < -0.4 is 0 Å². The molecule has 23 heavy (non-hydrogen) atoms. The number of methoxy groups -OCH3 is 2. The van der Waals surface area contributed by atoms with E-state index >= 15 is 0 Å². The first kappa shape index (κ1) is 23.6. The minimum Gasteiger partial charge on any atom is -0.359 e. The van der Waals surface area contributed by atoms with E-state index < -0.39 is 9.84 Å². The van der Waals surface area contributed by atoms with Crippen molar-refractivity contribution in [3.8, 4) is 0 Å². The van der Waals surface area contributed by atoms with Gasteiger partial charge in [0.25, 0.3) is 0 Å². The summed E-state index contributed by atoms with van der Waals surface area (Å²) in [5.74, 6) is 0. The van der Waals surface area contributed by atoms with Crippen molar-refractivity contribution in [2.45, 2.75) is 6.92 Å². The summed E-state index contributed by atoms with van der Waals surface area (Å²) in [6, 6.07) is 22.3. The molecule has 5 heteroatoms. The van der Waals surface area contributed by atoms with Gasteiger partial charge < -0.3 is 9.47 Å². The first-order valence-electron chi connectivity index (χ1n) is 6.95. The maximum Gasteiger partial charge on any atom is 0.145 e. The summed E-state index contributed by atoms with van der Waals surface area (Å²) >= 11 is 0. The molecule has 0 amide bonds. The highest BCUT2D eigenvalue weighted by molar-refractivity contribution is 7.89. The van der Waals surface area contributed by atoms with E-state index in [2.05, 4.69) is 28.5 Å². The van der Waals surface area contributed by atoms with Crippen LogP contribution in [0.15, 0.2) is 66.7 Å². The van der Waals surface area contributed by atoms with Crippen LogP contribution in [0, 0.1) is 6.92 Å². The molecule has 0 N–H and O–H groups in total. The quantitative estimate of drug-likeness (QED) is 0.784. The molecule has 0 saturated heterocycles. The summed E-state index contributed by atoms with van der Waals surface area (Å²) in [6.07, 6.45) is 2.32. The molecule has 2 aromatic rings. The van der Waals surface area contributed by atoms with Crippen molar-refractivity contribution in [3.63, 3.8) is 0 Å². The molecular formula is C18H28O4S. The zero-order valence-electron chi connectivity index (χ0n) is 14.6. The first-order chi connectivity index (χ1) is 10.8. The fraction of sp³-hybridized carbons (Fsp3) is 0.333. The molecule has 0 aliphatic heterocycles.